The number of aromatic nitrogens is 1. The molecule has 0 fully saturated rings. The number of oxazole rings is 1. The smallest absolute Gasteiger partial charge is 0.243 e. The lowest BCUT2D eigenvalue weighted by Crippen LogP contribution is -2.27. The average molecular weight is 360 g/mol. The number of nitrogens with one attached hydrogen (secondary N) is 1. The first-order chi connectivity index (χ1) is 9.29. The molecule has 0 spiro atoms. The molecule has 3 N–H and O–H groups in total. The summed E-state index contributed by atoms with van der Waals surface area (Å²) in [5.41, 5.74) is 5.91. The van der Waals surface area contributed by atoms with Crippen molar-refractivity contribution < 1.29 is 12.8 Å². The van der Waals surface area contributed by atoms with Crippen LogP contribution in [-0.4, -0.2) is 13.4 Å². The Labute approximate surface area is 125 Å². The van der Waals surface area contributed by atoms with Crippen LogP contribution in [0.15, 0.2) is 38.2 Å². The summed E-state index contributed by atoms with van der Waals surface area (Å²) in [6, 6.07) is 4.01. The molecule has 1 aromatic carbocycles. The second-order valence-electron chi connectivity index (χ2n) is 4.33. The van der Waals surface area contributed by atoms with Crippen LogP contribution in [0.1, 0.15) is 24.6 Å². The maximum Gasteiger partial charge on any atom is 0.243 e. The minimum Gasteiger partial charge on any atom is -0.444 e. The summed E-state index contributed by atoms with van der Waals surface area (Å²) in [6.07, 6.45) is 1.54. The van der Waals surface area contributed by atoms with Gasteiger partial charge in [0.05, 0.1) is 17.9 Å². The fourth-order valence-electron chi connectivity index (χ4n) is 1.68. The van der Waals surface area contributed by atoms with Crippen LogP contribution in [0.25, 0.3) is 0 Å². The van der Waals surface area contributed by atoms with Gasteiger partial charge in [0.2, 0.25) is 15.9 Å². The summed E-state index contributed by atoms with van der Waals surface area (Å²) in [4.78, 5) is 4.02. The third-order valence-corrected chi connectivity index (χ3v) is 4.71. The van der Waals surface area contributed by atoms with Crippen molar-refractivity contribution in [3.8, 4) is 0 Å². The summed E-state index contributed by atoms with van der Waals surface area (Å²) >= 11 is 3.23. The largest absolute Gasteiger partial charge is 0.444 e. The fourth-order valence-corrected chi connectivity index (χ4v) is 3.37. The SMILES string of the molecule is Cc1cnc(C(C)NS(=O)(=O)c2ccc(Br)cc2N)o1. The van der Waals surface area contributed by atoms with Gasteiger partial charge >= 0.3 is 0 Å². The van der Waals surface area contributed by atoms with Crippen molar-refractivity contribution in [2.75, 3.05) is 5.73 Å². The van der Waals surface area contributed by atoms with Crippen LogP contribution < -0.4 is 10.5 Å². The van der Waals surface area contributed by atoms with Gasteiger partial charge in [0.1, 0.15) is 10.7 Å². The highest BCUT2D eigenvalue weighted by Crippen LogP contribution is 2.24. The molecule has 0 aliphatic heterocycles. The van der Waals surface area contributed by atoms with Crippen molar-refractivity contribution >= 4 is 31.6 Å². The molecule has 2 rings (SSSR count). The fraction of sp³-hybridized carbons (Fsp3) is 0.250. The number of hydrogen-bond donors (Lipinski definition) is 2. The van der Waals surface area contributed by atoms with E-state index in [9.17, 15) is 8.42 Å². The van der Waals surface area contributed by atoms with Gasteiger partial charge in [-0.3, -0.25) is 0 Å². The van der Waals surface area contributed by atoms with E-state index in [1.807, 2.05) is 0 Å². The molecule has 1 unspecified atom stereocenters. The van der Waals surface area contributed by atoms with E-state index >= 15 is 0 Å². The van der Waals surface area contributed by atoms with Crippen molar-refractivity contribution in [1.29, 1.82) is 0 Å². The number of nitrogens with zero attached hydrogens (tertiary/aromatic N) is 1. The summed E-state index contributed by atoms with van der Waals surface area (Å²) in [6.45, 7) is 3.39. The Balaban J connectivity index is 2.27. The maximum atomic E-state index is 12.3. The van der Waals surface area contributed by atoms with Gasteiger partial charge in [0, 0.05) is 4.47 Å². The lowest BCUT2D eigenvalue weighted by molar-refractivity contribution is 0.428. The summed E-state index contributed by atoms with van der Waals surface area (Å²) < 4.78 is 33.1. The summed E-state index contributed by atoms with van der Waals surface area (Å²) in [5.74, 6) is 0.927. The van der Waals surface area contributed by atoms with Gasteiger partial charge in [-0.1, -0.05) is 15.9 Å². The van der Waals surface area contributed by atoms with Crippen LogP contribution >= 0.6 is 15.9 Å². The number of rotatable bonds is 4. The van der Waals surface area contributed by atoms with E-state index in [2.05, 4.69) is 25.6 Å². The predicted octanol–water partition coefficient (Wildman–Crippen LogP) is 2.37. The molecule has 0 saturated heterocycles. The summed E-state index contributed by atoms with van der Waals surface area (Å²) in [5, 5.41) is 0. The molecule has 1 aromatic heterocycles. The minimum atomic E-state index is -3.74. The third kappa shape index (κ3) is 3.20. The minimum absolute atomic E-state index is 0.0239. The van der Waals surface area contributed by atoms with Gasteiger partial charge in [0.15, 0.2) is 0 Å². The third-order valence-electron chi connectivity index (χ3n) is 2.60. The molecule has 0 radical (unpaired) electrons. The first-order valence-corrected chi connectivity index (χ1v) is 8.07. The standard InChI is InChI=1S/C12H14BrN3O3S/c1-7-6-15-12(19-7)8(2)16-20(17,18)11-4-3-9(13)5-10(11)14/h3-6,8,16H,14H2,1-2H3. The number of halogens is 1. The Morgan fingerprint density at radius 2 is 2.15 bits per heavy atom. The highest BCUT2D eigenvalue weighted by Gasteiger charge is 2.23. The van der Waals surface area contributed by atoms with Crippen LogP contribution in [0.4, 0.5) is 5.69 Å². The van der Waals surface area contributed by atoms with Gasteiger partial charge in [0.25, 0.3) is 0 Å². The van der Waals surface area contributed by atoms with Gasteiger partial charge in [-0.25, -0.2) is 13.4 Å². The average Bonchev–Trinajstić information content (AvgIpc) is 2.74. The van der Waals surface area contributed by atoms with Crippen LogP contribution in [-0.2, 0) is 10.0 Å². The van der Waals surface area contributed by atoms with Gasteiger partial charge in [-0.15, -0.1) is 0 Å². The normalized spacial score (nSPS) is 13.3. The van der Waals surface area contributed by atoms with Crippen molar-refractivity contribution in [2.45, 2.75) is 24.8 Å². The molecule has 0 amide bonds. The van der Waals surface area contributed by atoms with Crippen LogP contribution in [0.2, 0.25) is 0 Å². The number of nitrogen functional groups attached to an aromatic ring is 1. The van der Waals surface area contributed by atoms with E-state index < -0.39 is 16.1 Å². The highest BCUT2D eigenvalue weighted by atomic mass is 79.9. The lowest BCUT2D eigenvalue weighted by atomic mass is 10.3. The Kier molecular flexibility index (Phi) is 4.17. The van der Waals surface area contributed by atoms with Crippen molar-refractivity contribution in [3.05, 3.63) is 40.5 Å². The molecular formula is C12H14BrN3O3S. The van der Waals surface area contributed by atoms with Gasteiger partial charge in [-0.05, 0) is 32.0 Å². The van der Waals surface area contributed by atoms with Gasteiger partial charge < -0.3 is 10.2 Å². The molecule has 2 aromatic rings. The zero-order chi connectivity index (χ0) is 14.9. The molecule has 8 heteroatoms. The lowest BCUT2D eigenvalue weighted by Gasteiger charge is -2.13. The van der Waals surface area contributed by atoms with Crippen LogP contribution in [0.3, 0.4) is 0 Å². The monoisotopic (exact) mass is 359 g/mol. The Hall–Kier alpha value is -1.38. The van der Waals surface area contributed by atoms with Crippen molar-refractivity contribution in [3.63, 3.8) is 0 Å². The van der Waals surface area contributed by atoms with Crippen LogP contribution in [0, 0.1) is 6.92 Å². The molecule has 108 valence electrons. The second kappa shape index (κ2) is 5.55. The molecule has 0 aliphatic rings. The number of nitrogens with two attached hydrogens (primary N) is 1. The topological polar surface area (TPSA) is 98.2 Å². The first-order valence-electron chi connectivity index (χ1n) is 5.79. The second-order valence-corrected chi connectivity index (χ2v) is 6.93. The number of anilines is 1. The molecule has 20 heavy (non-hydrogen) atoms. The number of sulfonamides is 1. The van der Waals surface area contributed by atoms with Crippen molar-refractivity contribution in [1.82, 2.24) is 9.71 Å². The van der Waals surface area contributed by atoms with E-state index in [-0.39, 0.29) is 10.6 Å². The van der Waals surface area contributed by atoms with E-state index in [0.29, 0.717) is 16.1 Å². The van der Waals surface area contributed by atoms with E-state index in [0.717, 1.165) is 0 Å². The number of hydrogen-bond acceptors (Lipinski definition) is 5. The Bertz CT molecular complexity index is 727. The molecule has 0 bridgehead atoms. The molecule has 1 atom stereocenters. The Morgan fingerprint density at radius 1 is 1.45 bits per heavy atom. The van der Waals surface area contributed by atoms with Crippen molar-refractivity contribution in [2.24, 2.45) is 0 Å². The molecule has 0 aliphatic carbocycles. The van der Waals surface area contributed by atoms with Gasteiger partial charge in [-0.2, -0.15) is 4.72 Å². The zero-order valence-corrected chi connectivity index (χ0v) is 13.3. The highest BCUT2D eigenvalue weighted by molar-refractivity contribution is 9.10. The quantitative estimate of drug-likeness (QED) is 0.816. The molecule has 6 nitrogen and oxygen atoms in total. The zero-order valence-electron chi connectivity index (χ0n) is 10.9. The van der Waals surface area contributed by atoms with E-state index in [1.165, 1.54) is 18.3 Å². The first kappa shape index (κ1) is 15.0. The Morgan fingerprint density at radius 3 is 2.70 bits per heavy atom. The maximum absolute atomic E-state index is 12.3. The van der Waals surface area contributed by atoms with Crippen LogP contribution in [0.5, 0.6) is 0 Å². The molecule has 0 saturated carbocycles. The van der Waals surface area contributed by atoms with E-state index in [4.69, 9.17) is 10.2 Å². The summed E-state index contributed by atoms with van der Waals surface area (Å²) in [7, 11) is -3.74. The van der Waals surface area contributed by atoms with E-state index in [1.54, 1.807) is 19.9 Å². The molecular weight excluding hydrogens is 346 g/mol. The number of aryl methyl sites for hydroxylation is 1. The number of benzene rings is 1. The predicted molar refractivity (Wildman–Crippen MR) is 78.5 cm³/mol. The molecule has 1 heterocycles.